The number of anilines is 1. The smallest absolute Gasteiger partial charge is 0.366 e. The van der Waals surface area contributed by atoms with Crippen LogP contribution in [0, 0.1) is 0 Å². The van der Waals surface area contributed by atoms with Crippen LogP contribution in [-0.2, 0) is 6.18 Å². The van der Waals surface area contributed by atoms with E-state index in [4.69, 9.17) is 4.99 Å². The molecule has 0 radical (unpaired) electrons. The van der Waals surface area contributed by atoms with Crippen LogP contribution in [0.5, 0.6) is 0 Å². The van der Waals surface area contributed by atoms with Crippen LogP contribution in [0.4, 0.5) is 19.0 Å². The van der Waals surface area contributed by atoms with E-state index in [0.29, 0.717) is 5.96 Å². The van der Waals surface area contributed by atoms with Gasteiger partial charge < -0.3 is 10.6 Å². The summed E-state index contributed by atoms with van der Waals surface area (Å²) >= 11 is 0. The highest BCUT2D eigenvalue weighted by atomic mass is 19.4. The molecule has 0 unspecified atom stereocenters. The maximum Gasteiger partial charge on any atom is 0.416 e. The Kier molecular flexibility index (Phi) is 7.04. The van der Waals surface area contributed by atoms with Gasteiger partial charge in [-0.15, -0.1) is 0 Å². The van der Waals surface area contributed by atoms with Crippen molar-refractivity contribution in [1.29, 1.82) is 0 Å². The summed E-state index contributed by atoms with van der Waals surface area (Å²) in [4.78, 5) is 25.9. The van der Waals surface area contributed by atoms with E-state index in [0.717, 1.165) is 62.9 Å². The zero-order valence-corrected chi connectivity index (χ0v) is 19.0. The molecule has 2 aliphatic rings. The van der Waals surface area contributed by atoms with Crippen LogP contribution >= 0.6 is 0 Å². The summed E-state index contributed by atoms with van der Waals surface area (Å²) in [7, 11) is 0. The Hall–Kier alpha value is -3.17. The molecule has 182 valence electrons. The summed E-state index contributed by atoms with van der Waals surface area (Å²) in [5, 5.41) is 9.56. The van der Waals surface area contributed by atoms with Crippen LogP contribution in [0.25, 0.3) is 0 Å². The molecule has 1 aromatic heterocycles. The topological polar surface area (TPSA) is 91.3 Å². The Morgan fingerprint density at radius 2 is 1.79 bits per heavy atom. The van der Waals surface area contributed by atoms with E-state index in [1.165, 1.54) is 12.1 Å². The molecule has 0 spiro atoms. The fraction of sp³-hybridized carbons (Fsp3) is 0.500. The SMILES string of the molecule is CC1(NC(=NC2CCC(Nc3cnccn3)CC2)NC(=O)c2ccc(C(F)(F)F)cc2)CCC1. The minimum absolute atomic E-state index is 0.0407. The van der Waals surface area contributed by atoms with Crippen molar-refractivity contribution in [2.75, 3.05) is 5.32 Å². The Labute approximate surface area is 196 Å². The third-order valence-electron chi connectivity index (χ3n) is 6.51. The Morgan fingerprint density at radius 1 is 1.09 bits per heavy atom. The summed E-state index contributed by atoms with van der Waals surface area (Å²) in [6.45, 7) is 2.08. The second-order valence-electron chi connectivity index (χ2n) is 9.29. The Bertz CT molecular complexity index is 998. The average Bonchev–Trinajstić information content (AvgIpc) is 2.79. The zero-order chi connectivity index (χ0) is 24.2. The molecule has 2 aromatic rings. The molecule has 4 rings (SSSR count). The molecule has 2 aliphatic carbocycles. The van der Waals surface area contributed by atoms with Crippen LogP contribution in [0.15, 0.2) is 47.8 Å². The first-order chi connectivity index (χ1) is 16.2. The van der Waals surface area contributed by atoms with Gasteiger partial charge in [-0.05, 0) is 76.1 Å². The van der Waals surface area contributed by atoms with Crippen molar-refractivity contribution < 1.29 is 18.0 Å². The third kappa shape index (κ3) is 6.24. The lowest BCUT2D eigenvalue weighted by Crippen LogP contribution is -2.56. The molecular formula is C24H29F3N6O. The minimum atomic E-state index is -4.44. The van der Waals surface area contributed by atoms with Gasteiger partial charge in [0, 0.05) is 29.5 Å². The summed E-state index contributed by atoms with van der Waals surface area (Å²) in [5.74, 6) is 0.650. The molecule has 0 aliphatic heterocycles. The molecule has 2 saturated carbocycles. The maximum absolute atomic E-state index is 12.8. The quantitative estimate of drug-likeness (QED) is 0.437. The molecule has 2 fully saturated rings. The lowest BCUT2D eigenvalue weighted by atomic mass is 9.79. The van der Waals surface area contributed by atoms with Gasteiger partial charge in [-0.25, -0.2) is 9.98 Å². The minimum Gasteiger partial charge on any atom is -0.366 e. The number of nitrogens with zero attached hydrogens (tertiary/aromatic N) is 3. The van der Waals surface area contributed by atoms with Crippen LogP contribution in [0.2, 0.25) is 0 Å². The lowest BCUT2D eigenvalue weighted by Gasteiger charge is -2.40. The van der Waals surface area contributed by atoms with Crippen LogP contribution in [0.1, 0.15) is 67.8 Å². The summed E-state index contributed by atoms with van der Waals surface area (Å²) < 4.78 is 38.5. The standard InChI is InChI=1S/C24H29F3N6O/c1-23(11-2-12-23)33-22(32-21(34)16-3-5-17(6-4-16)24(25,26)27)31-19-9-7-18(8-10-19)30-20-15-28-13-14-29-20/h3-6,13-15,18-19H,2,7-12H2,1H3,(H,29,30)(H2,31,32,33,34). The lowest BCUT2D eigenvalue weighted by molar-refractivity contribution is -0.137. The predicted molar refractivity (Wildman–Crippen MR) is 123 cm³/mol. The predicted octanol–water partition coefficient (Wildman–Crippen LogP) is 4.54. The van der Waals surface area contributed by atoms with Gasteiger partial charge in [-0.2, -0.15) is 13.2 Å². The van der Waals surface area contributed by atoms with Crippen molar-refractivity contribution in [2.45, 2.75) is 75.7 Å². The van der Waals surface area contributed by atoms with Crippen molar-refractivity contribution in [3.05, 3.63) is 54.0 Å². The monoisotopic (exact) mass is 474 g/mol. The van der Waals surface area contributed by atoms with Crippen molar-refractivity contribution in [3.63, 3.8) is 0 Å². The van der Waals surface area contributed by atoms with E-state index in [2.05, 4.69) is 32.8 Å². The van der Waals surface area contributed by atoms with E-state index in [-0.39, 0.29) is 23.2 Å². The normalized spacial score (nSPS) is 22.4. The number of amides is 1. The number of rotatable bonds is 5. The number of hydrogen-bond acceptors (Lipinski definition) is 5. The highest BCUT2D eigenvalue weighted by Gasteiger charge is 2.34. The van der Waals surface area contributed by atoms with Gasteiger partial charge in [0.2, 0.25) is 0 Å². The number of aliphatic imine (C=N–C) groups is 1. The molecule has 1 aromatic carbocycles. The number of carbonyl (C=O) groups is 1. The Balaban J connectivity index is 1.40. The van der Waals surface area contributed by atoms with Crippen molar-refractivity contribution in [3.8, 4) is 0 Å². The van der Waals surface area contributed by atoms with Crippen LogP contribution in [0.3, 0.4) is 0 Å². The number of carbonyl (C=O) groups excluding carboxylic acids is 1. The zero-order valence-electron chi connectivity index (χ0n) is 19.0. The second kappa shape index (κ2) is 9.99. The van der Waals surface area contributed by atoms with Gasteiger partial charge >= 0.3 is 6.18 Å². The third-order valence-corrected chi connectivity index (χ3v) is 6.51. The number of guanidine groups is 1. The number of aromatic nitrogens is 2. The molecule has 0 atom stereocenters. The first kappa shape index (κ1) is 24.0. The van der Waals surface area contributed by atoms with Crippen molar-refractivity contribution in [1.82, 2.24) is 20.6 Å². The summed E-state index contributed by atoms with van der Waals surface area (Å²) in [6.07, 6.45) is 7.07. The van der Waals surface area contributed by atoms with E-state index < -0.39 is 17.6 Å². The summed E-state index contributed by atoms with van der Waals surface area (Å²) in [6, 6.07) is 4.52. The van der Waals surface area contributed by atoms with Gasteiger partial charge in [-0.3, -0.25) is 15.1 Å². The molecule has 0 bridgehead atoms. The molecule has 7 nitrogen and oxygen atoms in total. The van der Waals surface area contributed by atoms with Gasteiger partial charge in [-0.1, -0.05) is 0 Å². The second-order valence-corrected chi connectivity index (χ2v) is 9.29. The van der Waals surface area contributed by atoms with Gasteiger partial charge in [0.25, 0.3) is 5.91 Å². The van der Waals surface area contributed by atoms with Gasteiger partial charge in [0.1, 0.15) is 5.82 Å². The molecule has 3 N–H and O–H groups in total. The molecule has 0 saturated heterocycles. The molecule has 34 heavy (non-hydrogen) atoms. The number of hydrogen-bond donors (Lipinski definition) is 3. The first-order valence-electron chi connectivity index (χ1n) is 11.6. The van der Waals surface area contributed by atoms with Gasteiger partial charge in [0.15, 0.2) is 5.96 Å². The number of alkyl halides is 3. The van der Waals surface area contributed by atoms with Gasteiger partial charge in [0.05, 0.1) is 17.8 Å². The van der Waals surface area contributed by atoms with E-state index in [1.807, 2.05) is 0 Å². The Morgan fingerprint density at radius 3 is 2.35 bits per heavy atom. The molecule has 10 heteroatoms. The maximum atomic E-state index is 12.8. The highest BCUT2D eigenvalue weighted by molar-refractivity contribution is 6.06. The van der Waals surface area contributed by atoms with E-state index in [9.17, 15) is 18.0 Å². The fourth-order valence-electron chi connectivity index (χ4n) is 4.32. The average molecular weight is 475 g/mol. The van der Waals surface area contributed by atoms with E-state index >= 15 is 0 Å². The number of halogens is 3. The number of nitrogens with one attached hydrogen (secondary N) is 3. The van der Waals surface area contributed by atoms with Crippen molar-refractivity contribution in [2.24, 2.45) is 4.99 Å². The van der Waals surface area contributed by atoms with E-state index in [1.54, 1.807) is 18.6 Å². The molecule has 1 amide bonds. The largest absolute Gasteiger partial charge is 0.416 e. The van der Waals surface area contributed by atoms with Crippen LogP contribution < -0.4 is 16.0 Å². The van der Waals surface area contributed by atoms with Crippen LogP contribution in [-0.4, -0.2) is 39.5 Å². The highest BCUT2D eigenvalue weighted by Crippen LogP contribution is 2.31. The fourth-order valence-corrected chi connectivity index (χ4v) is 4.32. The first-order valence-corrected chi connectivity index (χ1v) is 11.6. The van der Waals surface area contributed by atoms with Crippen molar-refractivity contribution >= 4 is 17.7 Å². The number of benzene rings is 1. The summed E-state index contributed by atoms with van der Waals surface area (Å²) in [5.41, 5.74) is -0.778. The molecular weight excluding hydrogens is 445 g/mol. The molecule has 1 heterocycles.